The standard InChI is InChI=1S/C26H40O/c1-5-6-7-8-21-9-11-22(12-10-21)23-13-15-24(16-14-23)25-17-18-26(27-4)20(3)19(25)2/h7-8,17-18,21-24H,5-6,9-16H2,1-4H3/b8-7+. The minimum Gasteiger partial charge on any atom is -0.496 e. The van der Waals surface area contributed by atoms with Crippen molar-refractivity contribution in [2.24, 2.45) is 17.8 Å². The first-order valence-corrected chi connectivity index (χ1v) is 11.4. The number of ether oxygens (including phenoxy) is 1. The molecule has 2 fully saturated rings. The Labute approximate surface area is 167 Å². The van der Waals surface area contributed by atoms with Crippen LogP contribution in [0.25, 0.3) is 0 Å². The lowest BCUT2D eigenvalue weighted by molar-refractivity contribution is 0.171. The SMILES string of the molecule is CCC/C=C/C1CCC(C2CCC(c3ccc(OC)c(C)c3C)CC2)CC1. The zero-order chi connectivity index (χ0) is 19.2. The van der Waals surface area contributed by atoms with E-state index in [9.17, 15) is 0 Å². The molecule has 3 rings (SSSR count). The van der Waals surface area contributed by atoms with Gasteiger partial charge >= 0.3 is 0 Å². The molecule has 150 valence electrons. The number of hydrogen-bond acceptors (Lipinski definition) is 1. The second kappa shape index (κ2) is 9.80. The topological polar surface area (TPSA) is 9.23 Å². The summed E-state index contributed by atoms with van der Waals surface area (Å²) in [6.45, 7) is 6.76. The van der Waals surface area contributed by atoms with Crippen LogP contribution in [0.1, 0.15) is 93.7 Å². The van der Waals surface area contributed by atoms with Crippen molar-refractivity contribution < 1.29 is 4.74 Å². The predicted molar refractivity (Wildman–Crippen MR) is 117 cm³/mol. The summed E-state index contributed by atoms with van der Waals surface area (Å²) < 4.78 is 5.50. The summed E-state index contributed by atoms with van der Waals surface area (Å²) in [6.07, 6.45) is 18.9. The Bertz CT molecular complexity index is 613. The molecule has 0 aliphatic heterocycles. The van der Waals surface area contributed by atoms with Gasteiger partial charge in [0.15, 0.2) is 0 Å². The molecule has 1 nitrogen and oxygen atoms in total. The molecule has 0 unspecified atom stereocenters. The number of methoxy groups -OCH3 is 1. The maximum atomic E-state index is 5.50. The van der Waals surface area contributed by atoms with Crippen LogP contribution in [0.2, 0.25) is 0 Å². The van der Waals surface area contributed by atoms with Gasteiger partial charge in [-0.1, -0.05) is 31.6 Å². The number of benzene rings is 1. The third-order valence-corrected chi connectivity index (χ3v) is 7.56. The van der Waals surface area contributed by atoms with Gasteiger partial charge in [-0.15, -0.1) is 0 Å². The smallest absolute Gasteiger partial charge is 0.122 e. The van der Waals surface area contributed by atoms with E-state index in [0.717, 1.165) is 29.4 Å². The average molecular weight is 369 g/mol. The van der Waals surface area contributed by atoms with Crippen LogP contribution in [0.5, 0.6) is 5.75 Å². The second-order valence-electron chi connectivity index (χ2n) is 9.11. The van der Waals surface area contributed by atoms with Gasteiger partial charge in [-0.25, -0.2) is 0 Å². The Hall–Kier alpha value is -1.24. The summed E-state index contributed by atoms with van der Waals surface area (Å²) in [5, 5.41) is 0. The Morgan fingerprint density at radius 2 is 1.52 bits per heavy atom. The fraction of sp³-hybridized carbons (Fsp3) is 0.692. The van der Waals surface area contributed by atoms with Crippen molar-refractivity contribution in [3.8, 4) is 5.75 Å². The van der Waals surface area contributed by atoms with Gasteiger partial charge in [0.25, 0.3) is 0 Å². The van der Waals surface area contributed by atoms with E-state index in [1.54, 1.807) is 12.7 Å². The molecule has 2 aliphatic carbocycles. The van der Waals surface area contributed by atoms with Gasteiger partial charge in [0.1, 0.15) is 5.75 Å². The molecule has 0 heterocycles. The molecule has 2 aliphatic rings. The number of rotatable bonds is 6. The fourth-order valence-electron chi connectivity index (χ4n) is 5.65. The highest BCUT2D eigenvalue weighted by molar-refractivity contribution is 5.45. The van der Waals surface area contributed by atoms with Crippen LogP contribution in [-0.2, 0) is 0 Å². The molecule has 0 aromatic heterocycles. The van der Waals surface area contributed by atoms with Gasteiger partial charge in [-0.05, 0) is 118 Å². The molecule has 1 aromatic rings. The average Bonchev–Trinajstić information content (AvgIpc) is 2.71. The van der Waals surface area contributed by atoms with Crippen LogP contribution >= 0.6 is 0 Å². The van der Waals surface area contributed by atoms with Crippen molar-refractivity contribution >= 4 is 0 Å². The molecule has 0 radical (unpaired) electrons. The molecule has 2 saturated carbocycles. The van der Waals surface area contributed by atoms with Crippen LogP contribution in [-0.4, -0.2) is 7.11 Å². The highest BCUT2D eigenvalue weighted by atomic mass is 16.5. The van der Waals surface area contributed by atoms with Crippen LogP contribution < -0.4 is 4.74 Å². The van der Waals surface area contributed by atoms with Crippen LogP contribution in [0.15, 0.2) is 24.3 Å². The van der Waals surface area contributed by atoms with Crippen LogP contribution in [0.3, 0.4) is 0 Å². The molecule has 27 heavy (non-hydrogen) atoms. The summed E-state index contributed by atoms with van der Waals surface area (Å²) in [6, 6.07) is 4.51. The lowest BCUT2D eigenvalue weighted by Gasteiger charge is -2.38. The van der Waals surface area contributed by atoms with Crippen molar-refractivity contribution in [2.75, 3.05) is 7.11 Å². The van der Waals surface area contributed by atoms with Gasteiger partial charge in [-0.3, -0.25) is 0 Å². The molecule has 0 spiro atoms. The van der Waals surface area contributed by atoms with E-state index < -0.39 is 0 Å². The number of hydrogen-bond donors (Lipinski definition) is 0. The van der Waals surface area contributed by atoms with E-state index in [4.69, 9.17) is 4.74 Å². The maximum Gasteiger partial charge on any atom is 0.122 e. The normalized spacial score (nSPS) is 29.2. The summed E-state index contributed by atoms with van der Waals surface area (Å²) in [5.74, 6) is 4.66. The summed E-state index contributed by atoms with van der Waals surface area (Å²) in [5.41, 5.74) is 4.36. The van der Waals surface area contributed by atoms with Crippen molar-refractivity contribution in [1.82, 2.24) is 0 Å². The van der Waals surface area contributed by atoms with Crippen molar-refractivity contribution in [2.45, 2.75) is 90.9 Å². The fourth-order valence-corrected chi connectivity index (χ4v) is 5.65. The van der Waals surface area contributed by atoms with E-state index in [2.05, 4.69) is 45.1 Å². The van der Waals surface area contributed by atoms with E-state index in [-0.39, 0.29) is 0 Å². The zero-order valence-electron chi connectivity index (χ0n) is 18.1. The molecule has 1 aromatic carbocycles. The van der Waals surface area contributed by atoms with Crippen LogP contribution in [0, 0.1) is 31.6 Å². The molecule has 1 heteroatoms. The van der Waals surface area contributed by atoms with Gasteiger partial charge in [0.05, 0.1) is 7.11 Å². The first kappa shape index (κ1) is 20.5. The Morgan fingerprint density at radius 1 is 0.889 bits per heavy atom. The molecular formula is C26H40O. The van der Waals surface area contributed by atoms with E-state index >= 15 is 0 Å². The Kier molecular flexibility index (Phi) is 7.44. The Balaban J connectivity index is 1.51. The quantitative estimate of drug-likeness (QED) is 0.466. The summed E-state index contributed by atoms with van der Waals surface area (Å²) in [4.78, 5) is 0. The van der Waals surface area contributed by atoms with Gasteiger partial charge in [-0.2, -0.15) is 0 Å². The highest BCUT2D eigenvalue weighted by Crippen LogP contribution is 2.45. The highest BCUT2D eigenvalue weighted by Gasteiger charge is 2.31. The molecule has 0 bridgehead atoms. The van der Waals surface area contributed by atoms with E-state index in [0.29, 0.717) is 0 Å². The van der Waals surface area contributed by atoms with Gasteiger partial charge < -0.3 is 4.74 Å². The van der Waals surface area contributed by atoms with E-state index in [1.165, 1.54) is 75.3 Å². The van der Waals surface area contributed by atoms with Crippen molar-refractivity contribution in [1.29, 1.82) is 0 Å². The van der Waals surface area contributed by atoms with Crippen molar-refractivity contribution in [3.63, 3.8) is 0 Å². The molecule has 0 saturated heterocycles. The molecule has 0 amide bonds. The molecular weight excluding hydrogens is 328 g/mol. The van der Waals surface area contributed by atoms with Gasteiger partial charge in [0.2, 0.25) is 0 Å². The third-order valence-electron chi connectivity index (χ3n) is 7.56. The minimum atomic E-state index is 0.763. The monoisotopic (exact) mass is 368 g/mol. The molecule has 0 N–H and O–H groups in total. The lowest BCUT2D eigenvalue weighted by Crippen LogP contribution is -2.25. The maximum absolute atomic E-state index is 5.50. The first-order valence-electron chi connectivity index (χ1n) is 11.4. The Morgan fingerprint density at radius 3 is 2.11 bits per heavy atom. The lowest BCUT2D eigenvalue weighted by atomic mass is 9.68. The van der Waals surface area contributed by atoms with Crippen LogP contribution in [0.4, 0.5) is 0 Å². The summed E-state index contributed by atoms with van der Waals surface area (Å²) >= 11 is 0. The zero-order valence-corrected chi connectivity index (χ0v) is 18.1. The van der Waals surface area contributed by atoms with Gasteiger partial charge in [0, 0.05) is 0 Å². The van der Waals surface area contributed by atoms with Crippen molar-refractivity contribution in [3.05, 3.63) is 41.0 Å². The number of unbranched alkanes of at least 4 members (excludes halogenated alkanes) is 1. The minimum absolute atomic E-state index is 0.763. The van der Waals surface area contributed by atoms with E-state index in [1.807, 2.05) is 0 Å². The molecule has 0 atom stereocenters. The first-order chi connectivity index (χ1) is 13.1. The summed E-state index contributed by atoms with van der Waals surface area (Å²) in [7, 11) is 1.78. The second-order valence-corrected chi connectivity index (χ2v) is 9.11. The predicted octanol–water partition coefficient (Wildman–Crippen LogP) is 7.75. The third kappa shape index (κ3) is 4.98. The largest absolute Gasteiger partial charge is 0.496 e. The number of allylic oxidation sites excluding steroid dienone is 2.